The van der Waals surface area contributed by atoms with Crippen LogP contribution < -0.4 is 0 Å². The predicted molar refractivity (Wildman–Crippen MR) is 92.4 cm³/mol. The number of aryl methyl sites for hydroxylation is 1. The van der Waals surface area contributed by atoms with Gasteiger partial charge in [-0.15, -0.1) is 0 Å². The third kappa shape index (κ3) is 3.43. The first-order valence-corrected chi connectivity index (χ1v) is 8.48. The van der Waals surface area contributed by atoms with Crippen molar-refractivity contribution in [2.75, 3.05) is 0 Å². The number of benzene rings is 3. The highest BCUT2D eigenvalue weighted by Gasteiger charge is 2.20. The van der Waals surface area contributed by atoms with Crippen LogP contribution >= 0.6 is 0 Å². The predicted octanol–water partition coefficient (Wildman–Crippen LogP) is 6.94. The molecule has 0 bridgehead atoms. The molecule has 0 spiro atoms. The van der Waals surface area contributed by atoms with E-state index in [0.29, 0.717) is 18.1 Å². The molecule has 0 heterocycles. The lowest BCUT2D eigenvalue weighted by molar-refractivity contribution is 0.508. The van der Waals surface area contributed by atoms with Crippen LogP contribution in [0.25, 0.3) is 21.9 Å². The van der Waals surface area contributed by atoms with E-state index in [1.54, 1.807) is 6.07 Å². The minimum Gasteiger partial charge on any atom is -0.206 e. The molecule has 0 amide bonds. The average Bonchev–Trinajstić information content (AvgIpc) is 2.57. The minimum absolute atomic E-state index is 0.109. The van der Waals surface area contributed by atoms with Gasteiger partial charge < -0.3 is 0 Å². The lowest BCUT2D eigenvalue weighted by Gasteiger charge is -2.11. The van der Waals surface area contributed by atoms with Gasteiger partial charge in [-0.25, -0.2) is 22.0 Å². The zero-order valence-corrected chi connectivity index (χ0v) is 14.2. The van der Waals surface area contributed by atoms with Gasteiger partial charge in [-0.05, 0) is 53.6 Å². The first-order valence-electron chi connectivity index (χ1n) is 8.48. The lowest BCUT2D eigenvalue weighted by atomic mass is 9.96. The molecular weight excluding hydrogens is 347 g/mol. The smallest absolute Gasteiger partial charge is 0.159 e. The van der Waals surface area contributed by atoms with E-state index in [4.69, 9.17) is 0 Å². The summed E-state index contributed by atoms with van der Waals surface area (Å²) in [6.45, 7) is 2.05. The second-order valence-electron chi connectivity index (χ2n) is 6.31. The van der Waals surface area contributed by atoms with Crippen molar-refractivity contribution in [3.8, 4) is 11.1 Å². The molecule has 0 fully saturated rings. The van der Waals surface area contributed by atoms with E-state index in [1.165, 1.54) is 6.07 Å². The second kappa shape index (κ2) is 7.44. The summed E-state index contributed by atoms with van der Waals surface area (Å²) in [5.74, 6) is -5.23. The van der Waals surface area contributed by atoms with Crippen molar-refractivity contribution in [1.82, 2.24) is 0 Å². The average molecular weight is 364 g/mol. The van der Waals surface area contributed by atoms with E-state index in [2.05, 4.69) is 0 Å². The van der Waals surface area contributed by atoms with Crippen molar-refractivity contribution in [2.24, 2.45) is 0 Å². The van der Waals surface area contributed by atoms with Crippen LogP contribution in [0.2, 0.25) is 0 Å². The van der Waals surface area contributed by atoms with Crippen molar-refractivity contribution < 1.29 is 22.0 Å². The van der Waals surface area contributed by atoms with Gasteiger partial charge in [0.05, 0.1) is 10.9 Å². The number of rotatable bonds is 5. The Morgan fingerprint density at radius 1 is 0.731 bits per heavy atom. The summed E-state index contributed by atoms with van der Waals surface area (Å²) < 4.78 is 70.3. The van der Waals surface area contributed by atoms with E-state index >= 15 is 0 Å². The monoisotopic (exact) mass is 364 g/mol. The number of hydrogen-bond acceptors (Lipinski definition) is 0. The molecule has 5 heteroatoms. The zero-order chi connectivity index (χ0) is 18.8. The minimum atomic E-state index is -1.23. The van der Waals surface area contributed by atoms with Gasteiger partial charge in [-0.2, -0.15) is 0 Å². The second-order valence-corrected chi connectivity index (χ2v) is 6.31. The lowest BCUT2D eigenvalue weighted by Crippen LogP contribution is -1.98. The van der Waals surface area contributed by atoms with Gasteiger partial charge >= 0.3 is 0 Å². The Labute approximate surface area is 148 Å². The molecule has 0 aliphatic carbocycles. The fourth-order valence-corrected chi connectivity index (χ4v) is 3.11. The number of hydrogen-bond donors (Lipinski definition) is 0. The van der Waals surface area contributed by atoms with Crippen LogP contribution in [0, 0.1) is 29.1 Å². The number of fused-ring (bicyclic) bond motifs is 1. The van der Waals surface area contributed by atoms with Crippen molar-refractivity contribution in [3.05, 3.63) is 71.0 Å². The fourth-order valence-electron chi connectivity index (χ4n) is 3.11. The molecule has 0 nitrogen and oxygen atoms in total. The molecule has 0 saturated heterocycles. The van der Waals surface area contributed by atoms with E-state index in [9.17, 15) is 22.0 Å². The van der Waals surface area contributed by atoms with Crippen molar-refractivity contribution in [1.29, 1.82) is 0 Å². The van der Waals surface area contributed by atoms with Crippen molar-refractivity contribution in [2.45, 2.75) is 32.6 Å². The van der Waals surface area contributed by atoms with E-state index in [-0.39, 0.29) is 16.3 Å². The van der Waals surface area contributed by atoms with Gasteiger partial charge in [0.1, 0.15) is 17.5 Å². The topological polar surface area (TPSA) is 0 Å². The Hall–Kier alpha value is -2.43. The molecule has 26 heavy (non-hydrogen) atoms. The summed E-state index contributed by atoms with van der Waals surface area (Å²) in [7, 11) is 0. The molecule has 3 rings (SSSR count). The quantitative estimate of drug-likeness (QED) is 0.340. The molecule has 0 unspecified atom stereocenters. The van der Waals surface area contributed by atoms with Crippen LogP contribution in [0.5, 0.6) is 0 Å². The SMILES string of the molecule is CCCCCc1cc(F)c2c(F)c(-c3ccc(F)c(F)c3)c(F)cc2c1. The molecule has 0 atom stereocenters. The van der Waals surface area contributed by atoms with Crippen molar-refractivity contribution in [3.63, 3.8) is 0 Å². The van der Waals surface area contributed by atoms with Gasteiger partial charge in [0, 0.05) is 0 Å². The Morgan fingerprint density at radius 3 is 2.19 bits per heavy atom. The number of unbranched alkanes of at least 4 members (excludes halogenated alkanes) is 2. The standard InChI is InChI=1S/C21H17F5/c1-2-3-4-5-12-8-14-11-18(25)19(21(26)20(14)17(24)9-12)13-6-7-15(22)16(23)10-13/h6-11H,2-5H2,1H3. The highest BCUT2D eigenvalue weighted by Crippen LogP contribution is 2.34. The van der Waals surface area contributed by atoms with Gasteiger partial charge in [0.2, 0.25) is 0 Å². The van der Waals surface area contributed by atoms with Crippen LogP contribution in [0.1, 0.15) is 31.7 Å². The highest BCUT2D eigenvalue weighted by atomic mass is 19.2. The Kier molecular flexibility index (Phi) is 5.25. The maximum absolute atomic E-state index is 14.9. The Bertz CT molecular complexity index is 963. The first kappa shape index (κ1) is 18.4. The molecule has 0 aliphatic rings. The van der Waals surface area contributed by atoms with E-state index in [1.807, 2.05) is 6.92 Å². The Balaban J connectivity index is 2.14. The van der Waals surface area contributed by atoms with Gasteiger partial charge in [0.25, 0.3) is 0 Å². The summed E-state index contributed by atoms with van der Waals surface area (Å²) in [4.78, 5) is 0. The molecule has 0 radical (unpaired) electrons. The maximum Gasteiger partial charge on any atom is 0.159 e. The zero-order valence-electron chi connectivity index (χ0n) is 14.2. The maximum atomic E-state index is 14.9. The first-order chi connectivity index (χ1) is 12.4. The molecule has 0 aromatic heterocycles. The highest BCUT2D eigenvalue weighted by molar-refractivity contribution is 5.89. The summed E-state index contributed by atoms with van der Waals surface area (Å²) in [6.07, 6.45) is 3.47. The molecule has 136 valence electrons. The summed E-state index contributed by atoms with van der Waals surface area (Å²) in [5.41, 5.74) is -0.0934. The molecule has 0 saturated carbocycles. The van der Waals surface area contributed by atoms with E-state index in [0.717, 1.165) is 37.5 Å². The van der Waals surface area contributed by atoms with Crippen LogP contribution in [0.4, 0.5) is 22.0 Å². The Morgan fingerprint density at radius 2 is 1.50 bits per heavy atom. The van der Waals surface area contributed by atoms with Crippen LogP contribution in [-0.2, 0) is 6.42 Å². The van der Waals surface area contributed by atoms with E-state index < -0.39 is 34.6 Å². The summed E-state index contributed by atoms with van der Waals surface area (Å²) >= 11 is 0. The molecule has 0 aliphatic heterocycles. The molecule has 0 N–H and O–H groups in total. The third-order valence-electron chi connectivity index (χ3n) is 4.42. The van der Waals surface area contributed by atoms with Crippen LogP contribution in [0.3, 0.4) is 0 Å². The fraction of sp³-hybridized carbons (Fsp3) is 0.238. The molecular formula is C21H17F5. The summed E-state index contributed by atoms with van der Waals surface area (Å²) in [5, 5.41) is -0.247. The molecule has 3 aromatic rings. The number of halogens is 5. The summed E-state index contributed by atoms with van der Waals surface area (Å²) in [6, 6.07) is 6.37. The molecule has 3 aromatic carbocycles. The van der Waals surface area contributed by atoms with Gasteiger partial charge in [0.15, 0.2) is 11.6 Å². The normalized spacial score (nSPS) is 11.3. The van der Waals surface area contributed by atoms with Crippen LogP contribution in [0.15, 0.2) is 36.4 Å². The third-order valence-corrected chi connectivity index (χ3v) is 4.42. The van der Waals surface area contributed by atoms with Gasteiger partial charge in [-0.3, -0.25) is 0 Å². The van der Waals surface area contributed by atoms with Crippen LogP contribution in [-0.4, -0.2) is 0 Å². The van der Waals surface area contributed by atoms with Gasteiger partial charge in [-0.1, -0.05) is 31.9 Å². The largest absolute Gasteiger partial charge is 0.206 e. The van der Waals surface area contributed by atoms with Crippen molar-refractivity contribution >= 4 is 10.8 Å².